The Labute approximate surface area is 213 Å². The molecule has 2 aromatic rings. The van der Waals surface area contributed by atoms with Gasteiger partial charge in [-0.3, -0.25) is 14.6 Å². The van der Waals surface area contributed by atoms with Gasteiger partial charge in [-0.25, -0.2) is 9.37 Å². The monoisotopic (exact) mass is 499 g/mol. The van der Waals surface area contributed by atoms with Crippen molar-refractivity contribution < 1.29 is 14.0 Å². The van der Waals surface area contributed by atoms with Crippen molar-refractivity contribution in [1.82, 2.24) is 25.1 Å². The number of carbonyl (C=O) groups is 2. The molecule has 0 bridgehead atoms. The van der Waals surface area contributed by atoms with Gasteiger partial charge in [0.25, 0.3) is 0 Å². The van der Waals surface area contributed by atoms with Crippen LogP contribution in [0.1, 0.15) is 25.1 Å². The van der Waals surface area contributed by atoms with Crippen molar-refractivity contribution in [2.24, 2.45) is 0 Å². The van der Waals surface area contributed by atoms with Gasteiger partial charge in [-0.2, -0.15) is 0 Å². The number of rotatable bonds is 12. The predicted molar refractivity (Wildman–Crippen MR) is 142 cm³/mol. The lowest BCUT2D eigenvalue weighted by molar-refractivity contribution is -0.135. The van der Waals surface area contributed by atoms with E-state index in [1.165, 1.54) is 23.1 Å². The van der Waals surface area contributed by atoms with E-state index in [9.17, 15) is 14.0 Å². The molecule has 0 saturated heterocycles. The van der Waals surface area contributed by atoms with E-state index in [0.717, 1.165) is 17.9 Å². The number of nitrogens with one attached hydrogen (secondary N) is 2. The van der Waals surface area contributed by atoms with Gasteiger partial charge in [0.1, 0.15) is 11.9 Å². The third-order valence-corrected chi connectivity index (χ3v) is 5.57. The van der Waals surface area contributed by atoms with Crippen LogP contribution in [-0.4, -0.2) is 86.0 Å². The quantitative estimate of drug-likeness (QED) is 0.434. The first kappa shape index (κ1) is 28.7. The van der Waals surface area contributed by atoms with Gasteiger partial charge >= 0.3 is 0 Å². The van der Waals surface area contributed by atoms with Crippen LogP contribution in [-0.2, 0) is 22.4 Å². The molecule has 1 aromatic heterocycles. The number of aryl methyl sites for hydroxylation is 1. The third kappa shape index (κ3) is 8.60. The molecule has 36 heavy (non-hydrogen) atoms. The molecule has 0 saturated carbocycles. The van der Waals surface area contributed by atoms with Crippen LogP contribution >= 0.6 is 0 Å². The molecule has 9 nitrogen and oxygen atoms in total. The van der Waals surface area contributed by atoms with E-state index in [1.54, 1.807) is 26.2 Å². The fourth-order valence-electron chi connectivity index (χ4n) is 3.41. The number of hydrogen-bond acceptors (Lipinski definition) is 7. The van der Waals surface area contributed by atoms with Crippen molar-refractivity contribution in [3.63, 3.8) is 0 Å². The van der Waals surface area contributed by atoms with Crippen LogP contribution in [0.25, 0.3) is 0 Å². The highest BCUT2D eigenvalue weighted by Crippen LogP contribution is 2.22. The Morgan fingerprint density at radius 2 is 1.86 bits per heavy atom. The summed E-state index contributed by atoms with van der Waals surface area (Å²) in [5.74, 6) is 0.363. The van der Waals surface area contributed by atoms with Crippen LogP contribution in [0.3, 0.4) is 0 Å². The Morgan fingerprint density at radius 3 is 2.50 bits per heavy atom. The molecular weight excluding hydrogens is 461 g/mol. The summed E-state index contributed by atoms with van der Waals surface area (Å²) in [5, 5.41) is 5.95. The van der Waals surface area contributed by atoms with Crippen molar-refractivity contribution in [2.45, 2.75) is 32.7 Å². The smallest absolute Gasteiger partial charge is 0.246 e. The maximum Gasteiger partial charge on any atom is 0.246 e. The van der Waals surface area contributed by atoms with E-state index in [2.05, 4.69) is 20.6 Å². The standard InChI is InChI=1S/C26H38FN7O2/c1-8-22-25(33(5)6)31-23(17-29-22)30-21-15-19(14-20(27)16-21)11-12-28-26(36)18(2)34(7)24(35)10-9-13-32(3)4/h9-10,14-18H,8,11-13H2,1-7H3,(H,28,36)(H,30,31)/b10-9+/t18-/m0/s1. The van der Waals surface area contributed by atoms with Crippen LogP contribution in [0.2, 0.25) is 0 Å². The van der Waals surface area contributed by atoms with Gasteiger partial charge in [-0.1, -0.05) is 13.0 Å². The van der Waals surface area contributed by atoms with Gasteiger partial charge < -0.3 is 25.3 Å². The minimum Gasteiger partial charge on any atom is -0.361 e. The Balaban J connectivity index is 1.97. The summed E-state index contributed by atoms with van der Waals surface area (Å²) < 4.78 is 14.3. The van der Waals surface area contributed by atoms with Crippen molar-refractivity contribution in [3.05, 3.63) is 53.6 Å². The topological polar surface area (TPSA) is 93.7 Å². The predicted octanol–water partition coefficient (Wildman–Crippen LogP) is 2.61. The number of amides is 2. The lowest BCUT2D eigenvalue weighted by Gasteiger charge is -2.23. The second-order valence-corrected chi connectivity index (χ2v) is 9.08. The summed E-state index contributed by atoms with van der Waals surface area (Å²) in [7, 11) is 9.21. The zero-order valence-corrected chi connectivity index (χ0v) is 22.3. The van der Waals surface area contributed by atoms with E-state index in [0.29, 0.717) is 36.6 Å². The minimum absolute atomic E-state index is 0.243. The number of carbonyl (C=O) groups excluding carboxylic acids is 2. The van der Waals surface area contributed by atoms with Gasteiger partial charge in [0.05, 0.1) is 11.9 Å². The molecule has 0 aliphatic carbocycles. The largest absolute Gasteiger partial charge is 0.361 e. The number of nitrogens with zero attached hydrogens (tertiary/aromatic N) is 5. The summed E-state index contributed by atoms with van der Waals surface area (Å²) in [6, 6.07) is 4.00. The van der Waals surface area contributed by atoms with Crippen LogP contribution in [0, 0.1) is 5.82 Å². The molecule has 0 aliphatic heterocycles. The van der Waals surface area contributed by atoms with E-state index in [1.807, 2.05) is 51.0 Å². The van der Waals surface area contributed by atoms with E-state index in [4.69, 9.17) is 0 Å². The zero-order valence-electron chi connectivity index (χ0n) is 22.3. The molecule has 0 spiro atoms. The fourth-order valence-corrected chi connectivity index (χ4v) is 3.41. The molecule has 2 rings (SSSR count). The molecule has 0 fully saturated rings. The average molecular weight is 500 g/mol. The first-order valence-electron chi connectivity index (χ1n) is 12.0. The average Bonchev–Trinajstić information content (AvgIpc) is 2.82. The number of aromatic nitrogens is 2. The number of anilines is 3. The van der Waals surface area contributed by atoms with E-state index < -0.39 is 11.9 Å². The highest BCUT2D eigenvalue weighted by molar-refractivity contribution is 5.92. The Kier molecular flexibility index (Phi) is 10.8. The molecule has 0 radical (unpaired) electrons. The minimum atomic E-state index is -0.637. The Hall–Kier alpha value is -3.53. The van der Waals surface area contributed by atoms with Gasteiger partial charge in [0, 0.05) is 46.0 Å². The van der Waals surface area contributed by atoms with Crippen molar-refractivity contribution in [1.29, 1.82) is 0 Å². The Morgan fingerprint density at radius 1 is 1.14 bits per heavy atom. The van der Waals surface area contributed by atoms with Crippen LogP contribution in [0.5, 0.6) is 0 Å². The molecule has 2 N–H and O–H groups in total. The second-order valence-electron chi connectivity index (χ2n) is 9.08. The Bertz CT molecular complexity index is 1070. The maximum absolute atomic E-state index is 14.3. The van der Waals surface area contributed by atoms with E-state index in [-0.39, 0.29) is 11.8 Å². The summed E-state index contributed by atoms with van der Waals surface area (Å²) in [6.07, 6.45) is 6.03. The van der Waals surface area contributed by atoms with Crippen LogP contribution < -0.4 is 15.5 Å². The second kappa shape index (κ2) is 13.5. The first-order chi connectivity index (χ1) is 17.0. The summed E-state index contributed by atoms with van der Waals surface area (Å²) in [5.41, 5.74) is 2.14. The van der Waals surface area contributed by atoms with Gasteiger partial charge in [-0.05, 0) is 57.6 Å². The highest BCUT2D eigenvalue weighted by Gasteiger charge is 2.20. The van der Waals surface area contributed by atoms with E-state index >= 15 is 0 Å². The molecule has 1 heterocycles. The highest BCUT2D eigenvalue weighted by atomic mass is 19.1. The first-order valence-corrected chi connectivity index (χ1v) is 12.0. The van der Waals surface area contributed by atoms with Gasteiger partial charge in [0.2, 0.25) is 11.8 Å². The van der Waals surface area contributed by atoms with Crippen LogP contribution in [0.4, 0.5) is 21.7 Å². The summed E-state index contributed by atoms with van der Waals surface area (Å²) in [4.78, 5) is 39.1. The molecular formula is C26H38FN7O2. The van der Waals surface area contributed by atoms with Crippen molar-refractivity contribution in [3.8, 4) is 0 Å². The molecule has 0 unspecified atom stereocenters. The normalized spacial score (nSPS) is 12.0. The molecule has 1 atom stereocenters. The fraction of sp³-hybridized carbons (Fsp3) is 0.462. The summed E-state index contributed by atoms with van der Waals surface area (Å²) >= 11 is 0. The summed E-state index contributed by atoms with van der Waals surface area (Å²) in [6.45, 7) is 4.63. The molecule has 10 heteroatoms. The SMILES string of the molecule is CCc1ncc(Nc2cc(F)cc(CCNC(=O)[C@H](C)N(C)C(=O)/C=C/CN(C)C)c2)nc1N(C)C. The molecule has 0 aliphatic rings. The van der Waals surface area contributed by atoms with Gasteiger partial charge in [0.15, 0.2) is 11.6 Å². The number of benzene rings is 1. The van der Waals surface area contributed by atoms with Crippen molar-refractivity contribution in [2.75, 3.05) is 58.5 Å². The number of likely N-dealkylation sites (N-methyl/N-ethyl adjacent to an activating group) is 2. The van der Waals surface area contributed by atoms with Gasteiger partial charge in [-0.15, -0.1) is 0 Å². The van der Waals surface area contributed by atoms with Crippen LogP contribution in [0.15, 0.2) is 36.5 Å². The molecule has 196 valence electrons. The number of hydrogen-bond donors (Lipinski definition) is 2. The lowest BCUT2D eigenvalue weighted by Crippen LogP contribution is -2.45. The third-order valence-electron chi connectivity index (χ3n) is 5.57. The zero-order chi connectivity index (χ0) is 26.8. The lowest BCUT2D eigenvalue weighted by atomic mass is 10.1. The molecule has 2 amide bonds. The number of halogens is 1. The maximum atomic E-state index is 14.3. The van der Waals surface area contributed by atoms with Crippen molar-refractivity contribution >= 4 is 29.1 Å². The molecule has 1 aromatic carbocycles.